The highest BCUT2D eigenvalue weighted by atomic mass is 32.1. The van der Waals surface area contributed by atoms with Crippen molar-refractivity contribution >= 4 is 89.1 Å². The third-order valence-electron chi connectivity index (χ3n) is 11.4. The molecule has 1 heterocycles. The number of hydrogen-bond donors (Lipinski definition) is 12. The first-order valence-electron chi connectivity index (χ1n) is 23.6. The van der Waals surface area contributed by atoms with E-state index in [1.807, 2.05) is 0 Å². The minimum absolute atomic E-state index is 0.00756. The van der Waals surface area contributed by atoms with Gasteiger partial charge in [-0.05, 0) is 97.1 Å². The van der Waals surface area contributed by atoms with E-state index in [2.05, 4.69) is 46.6 Å². The number of benzene rings is 4. The molecule has 4 atom stereocenters. The lowest BCUT2D eigenvalue weighted by atomic mass is 9.90. The number of carbonyl (C=O) groups is 8. The van der Waals surface area contributed by atoms with Gasteiger partial charge in [0.2, 0.25) is 41.4 Å². The number of nitrogens with one attached hydrogen (secondary N) is 6. The fourth-order valence-corrected chi connectivity index (χ4v) is 8.34. The average molecular weight is 1100 g/mol. The van der Waals surface area contributed by atoms with Crippen molar-refractivity contribution in [1.29, 1.82) is 0 Å². The van der Waals surface area contributed by atoms with Crippen molar-refractivity contribution in [2.75, 3.05) is 19.7 Å². The van der Waals surface area contributed by atoms with E-state index < -0.39 is 98.8 Å². The zero-order chi connectivity index (χ0) is 56.6. The van der Waals surface area contributed by atoms with Gasteiger partial charge in [0.05, 0.1) is 24.0 Å². The van der Waals surface area contributed by atoms with Crippen molar-refractivity contribution in [2.45, 2.75) is 76.5 Å². The van der Waals surface area contributed by atoms with Crippen LogP contribution >= 0.6 is 20.0 Å². The summed E-state index contributed by atoms with van der Waals surface area (Å²) in [4.78, 5) is 140. The van der Waals surface area contributed by atoms with Gasteiger partial charge < -0.3 is 62.5 Å². The maximum Gasteiger partial charge on any atom is 0.524 e. The van der Waals surface area contributed by atoms with Crippen LogP contribution < -0.4 is 53.3 Å². The number of thiocarbonyl (C=S) groups is 1. The first kappa shape index (κ1) is 59.5. The van der Waals surface area contributed by atoms with Gasteiger partial charge in [-0.2, -0.15) is 4.99 Å². The Bertz CT molecular complexity index is 3160. The van der Waals surface area contributed by atoms with Gasteiger partial charge in [0.1, 0.15) is 47.0 Å². The van der Waals surface area contributed by atoms with Crippen LogP contribution in [0.25, 0.3) is 33.4 Å². The minimum atomic E-state index is -4.94. The van der Waals surface area contributed by atoms with Gasteiger partial charge in [0, 0.05) is 60.0 Å². The van der Waals surface area contributed by atoms with E-state index in [1.54, 1.807) is 38.1 Å². The number of aliphatic hydroxyl groups excluding tert-OH is 1. The molecule has 25 nitrogen and oxygen atoms in total. The molecule has 0 fully saturated rings. The first-order valence-corrected chi connectivity index (χ1v) is 25.6. The Balaban J connectivity index is 1.32. The van der Waals surface area contributed by atoms with Crippen LogP contribution in [0.4, 0.5) is 5.69 Å². The lowest BCUT2D eigenvalue weighted by Crippen LogP contribution is -2.57. The molecule has 0 saturated carbocycles. The molecule has 0 bridgehead atoms. The summed E-state index contributed by atoms with van der Waals surface area (Å²) < 4.78 is 22.0. The topological polar surface area (TPSA) is 411 Å². The highest BCUT2D eigenvalue weighted by Gasteiger charge is 2.30. The molecule has 0 radical (unpaired) electrons. The lowest BCUT2D eigenvalue weighted by Gasteiger charge is -2.24. The van der Waals surface area contributed by atoms with E-state index >= 15 is 0 Å². The van der Waals surface area contributed by atoms with Crippen LogP contribution in [-0.2, 0) is 44.5 Å². The van der Waals surface area contributed by atoms with Crippen LogP contribution in [0.15, 0.2) is 93.1 Å². The van der Waals surface area contributed by atoms with Crippen LogP contribution in [0.3, 0.4) is 0 Å². The Kier molecular flexibility index (Phi) is 21.2. The number of primary amides is 2. The maximum atomic E-state index is 14.1. The van der Waals surface area contributed by atoms with Crippen LogP contribution in [0, 0.1) is 5.92 Å². The monoisotopic (exact) mass is 1100 g/mol. The average Bonchev–Trinajstić information content (AvgIpc) is 3.39. The minimum Gasteiger partial charge on any atom is -0.508 e. The lowest BCUT2D eigenvalue weighted by molar-refractivity contribution is -0.134. The SMILES string of the molecule is CC(C)C[C@H](NC(=O)CNC(=O)[C@H](CCC(N)=O)NC(=O)[C@H](Cc1ccc(OP(=O)(O)O)cc1)NC(=O)CCCNC(=O)c1cc(N=C=S)ccc1-c1c2ccc(=O)cc-2oc2cc(O)ccc12)C(=O)N[C@@H](CO)C(N)=O. The Hall–Kier alpha value is -8.38. The number of amides is 8. The number of phenols is 1. The fourth-order valence-electron chi connectivity index (χ4n) is 7.84. The second kappa shape index (κ2) is 27.4. The number of phosphoric acid groups is 1. The number of rotatable bonds is 27. The van der Waals surface area contributed by atoms with Gasteiger partial charge in [0.15, 0.2) is 5.43 Å². The Labute approximate surface area is 444 Å². The molecule has 1 aliphatic heterocycles. The normalized spacial score (nSPS) is 12.8. The third kappa shape index (κ3) is 17.9. The highest BCUT2D eigenvalue weighted by molar-refractivity contribution is 7.78. The molecule has 77 heavy (non-hydrogen) atoms. The van der Waals surface area contributed by atoms with Crippen LogP contribution in [0.2, 0.25) is 0 Å². The molecular weight excluding hydrogens is 1050 g/mol. The number of aromatic hydroxyl groups is 1. The Morgan fingerprint density at radius 3 is 2.10 bits per heavy atom. The number of carbonyl (C=O) groups excluding carboxylic acids is 8. The smallest absolute Gasteiger partial charge is 0.508 e. The quantitative estimate of drug-likeness (QED) is 0.0115. The van der Waals surface area contributed by atoms with Crippen molar-refractivity contribution in [3.8, 4) is 33.9 Å². The molecule has 2 aliphatic rings. The predicted molar refractivity (Wildman–Crippen MR) is 280 cm³/mol. The third-order valence-corrected chi connectivity index (χ3v) is 12.0. The molecule has 27 heteroatoms. The van der Waals surface area contributed by atoms with Crippen LogP contribution in [-0.4, -0.2) is 116 Å². The number of phenolic OH excluding ortho intramolecular Hbond substituents is 1. The molecule has 8 amide bonds. The Morgan fingerprint density at radius 2 is 1.45 bits per heavy atom. The van der Waals surface area contributed by atoms with Gasteiger partial charge in [-0.1, -0.05) is 32.0 Å². The summed E-state index contributed by atoms with van der Waals surface area (Å²) in [6.07, 6.45) is -1.28. The summed E-state index contributed by atoms with van der Waals surface area (Å²) in [6, 6.07) is 12.7. The van der Waals surface area contributed by atoms with E-state index in [9.17, 15) is 67.7 Å². The molecule has 3 aromatic rings. The molecule has 5 rings (SSSR count). The van der Waals surface area contributed by atoms with Gasteiger partial charge in [-0.15, -0.1) is 0 Å². The number of aliphatic hydroxyl groups is 1. The molecule has 408 valence electrons. The number of isothiocyanates is 1. The first-order chi connectivity index (χ1) is 36.4. The molecule has 3 aromatic carbocycles. The number of fused-ring (bicyclic) bond motifs is 2. The number of nitrogens with zero attached hydrogens (tertiary/aromatic N) is 1. The molecule has 1 aliphatic carbocycles. The molecular formula is C50H56N9O16PS. The second-order valence-corrected chi connectivity index (χ2v) is 19.2. The van der Waals surface area contributed by atoms with Crippen molar-refractivity contribution in [2.24, 2.45) is 22.4 Å². The van der Waals surface area contributed by atoms with Crippen molar-refractivity contribution in [3.63, 3.8) is 0 Å². The van der Waals surface area contributed by atoms with Crippen molar-refractivity contribution in [3.05, 3.63) is 100 Å². The summed E-state index contributed by atoms with van der Waals surface area (Å²) in [5.41, 5.74) is 12.5. The Morgan fingerprint density at radius 1 is 0.779 bits per heavy atom. The van der Waals surface area contributed by atoms with E-state index in [0.717, 1.165) is 0 Å². The zero-order valence-electron chi connectivity index (χ0n) is 41.4. The molecule has 14 N–H and O–H groups in total. The summed E-state index contributed by atoms with van der Waals surface area (Å²) >= 11 is 4.80. The standard InChI is InChI=1S/C50H56N9O16PS/c1-26(2)18-37(49(69)59-39(24-60)46(52)66)57-44(65)23-54-48(68)36(15-16-42(51)63)58-50(70)38(19-27-5-10-31(11-6-27)75-76(71,72)73)56-43(64)4-3-17-53-47(67)35-20-28(55-25-77)7-12-32(35)45-33-13-8-29(61)21-40(33)74-41-22-30(62)9-14-34(41)45/h5-14,20-22,26,36-39,60-61H,3-4,15-19,23-24H2,1-2H3,(H2,51,63)(H2,52,66)(H,53,67)(H,54,68)(H,56,64)(H,57,65)(H,58,70)(H,59,69)(H2,71,72,73)/t36-,37-,38-,39-/m0/s1. The number of nitrogens with two attached hydrogens (primary N) is 2. The number of phosphoric ester groups is 1. The second-order valence-electron chi connectivity index (χ2n) is 17.8. The van der Waals surface area contributed by atoms with Crippen LogP contribution in [0.1, 0.15) is 61.9 Å². The molecule has 0 aromatic heterocycles. The predicted octanol–water partition coefficient (Wildman–Crippen LogP) is 1.07. The van der Waals surface area contributed by atoms with E-state index in [-0.39, 0.29) is 84.1 Å². The van der Waals surface area contributed by atoms with Gasteiger partial charge in [-0.3, -0.25) is 52.9 Å². The summed E-state index contributed by atoms with van der Waals surface area (Å²) in [6.45, 7) is 1.85. The summed E-state index contributed by atoms with van der Waals surface area (Å²) in [7, 11) is -4.94. The maximum absolute atomic E-state index is 14.1. The molecule has 0 unspecified atom stereocenters. The van der Waals surface area contributed by atoms with E-state index in [0.29, 0.717) is 27.6 Å². The number of aliphatic imine (C=N–C) groups is 1. The zero-order valence-corrected chi connectivity index (χ0v) is 43.1. The largest absolute Gasteiger partial charge is 0.524 e. The van der Waals surface area contributed by atoms with Gasteiger partial charge in [0.25, 0.3) is 5.91 Å². The summed E-state index contributed by atoms with van der Waals surface area (Å²) in [5, 5.41) is 37.3. The van der Waals surface area contributed by atoms with Crippen LogP contribution in [0.5, 0.6) is 11.5 Å². The van der Waals surface area contributed by atoms with Crippen molar-refractivity contribution in [1.82, 2.24) is 31.9 Å². The fraction of sp³-hybridized carbons (Fsp3) is 0.320. The highest BCUT2D eigenvalue weighted by Crippen LogP contribution is 2.43. The number of hydrogen-bond acceptors (Lipinski definition) is 16. The van der Waals surface area contributed by atoms with Crippen molar-refractivity contribution < 1.29 is 71.9 Å². The van der Waals surface area contributed by atoms with E-state index in [1.165, 1.54) is 54.6 Å². The molecule has 0 spiro atoms. The molecule has 0 saturated heterocycles. The van der Waals surface area contributed by atoms with Gasteiger partial charge in [-0.25, -0.2) is 4.57 Å². The van der Waals surface area contributed by atoms with E-state index in [4.69, 9.17) is 28.1 Å². The van der Waals surface area contributed by atoms with Gasteiger partial charge >= 0.3 is 7.82 Å². The summed E-state index contributed by atoms with van der Waals surface area (Å²) in [5.74, 6) is -7.15.